The van der Waals surface area contributed by atoms with Crippen molar-refractivity contribution in [2.24, 2.45) is 0 Å². The van der Waals surface area contributed by atoms with Crippen molar-refractivity contribution in [2.45, 2.75) is 32.4 Å². The molecule has 0 aromatic heterocycles. The maximum Gasteiger partial charge on any atom is 0.408 e. The minimum Gasteiger partial charge on any atom is -0.444 e. The molecule has 0 heterocycles. The summed E-state index contributed by atoms with van der Waals surface area (Å²) in [7, 11) is 1.53. The highest BCUT2D eigenvalue weighted by atomic mass is 16.6. The van der Waals surface area contributed by atoms with Gasteiger partial charge in [-0.3, -0.25) is 0 Å². The minimum absolute atomic E-state index is 0.281. The first-order valence-electron chi connectivity index (χ1n) is 6.22. The summed E-state index contributed by atoms with van der Waals surface area (Å²) in [6, 6.07) is 9.13. The van der Waals surface area contributed by atoms with E-state index in [1.165, 1.54) is 7.05 Å². The van der Waals surface area contributed by atoms with E-state index in [4.69, 9.17) is 4.74 Å². The zero-order chi connectivity index (χ0) is 14.5. The molecule has 0 bridgehead atoms. The number of nitrogens with zero attached hydrogens (tertiary/aromatic N) is 1. The Hall–Kier alpha value is -1.59. The van der Waals surface area contributed by atoms with E-state index in [0.29, 0.717) is 0 Å². The third kappa shape index (κ3) is 6.22. The van der Waals surface area contributed by atoms with Crippen molar-refractivity contribution in [3.63, 3.8) is 0 Å². The summed E-state index contributed by atoms with van der Waals surface area (Å²) in [5.74, 6) is 0. The van der Waals surface area contributed by atoms with Gasteiger partial charge < -0.3 is 15.3 Å². The number of nitrogens with one attached hydrogen (secondary N) is 1. The van der Waals surface area contributed by atoms with Crippen molar-refractivity contribution in [1.29, 1.82) is 0 Å². The van der Waals surface area contributed by atoms with Gasteiger partial charge in [-0.05, 0) is 26.3 Å². The Balaban J connectivity index is 2.73. The van der Waals surface area contributed by atoms with Crippen LogP contribution in [0.2, 0.25) is 0 Å². The zero-order valence-electron chi connectivity index (χ0n) is 11.9. The average Bonchev–Trinajstić information content (AvgIpc) is 2.26. The number of carbonyl (C=O) groups is 1. The maximum absolute atomic E-state index is 11.8. The molecular weight excluding hydrogens is 244 g/mol. The Morgan fingerprint density at radius 3 is 2.42 bits per heavy atom. The Kier molecular flexibility index (Phi) is 5.32. The van der Waals surface area contributed by atoms with Gasteiger partial charge in [0.1, 0.15) is 5.60 Å². The van der Waals surface area contributed by atoms with Crippen LogP contribution in [0.1, 0.15) is 32.4 Å². The van der Waals surface area contributed by atoms with Crippen LogP contribution in [-0.4, -0.2) is 35.6 Å². The number of rotatable bonds is 4. The summed E-state index contributed by atoms with van der Waals surface area (Å²) in [6.07, 6.45) is -0.497. The lowest BCUT2D eigenvalue weighted by molar-refractivity contribution is -0.0715. The van der Waals surface area contributed by atoms with E-state index in [1.807, 2.05) is 51.1 Å². The first kappa shape index (κ1) is 15.5. The highest BCUT2D eigenvalue weighted by Gasteiger charge is 2.21. The Morgan fingerprint density at radius 2 is 1.95 bits per heavy atom. The maximum atomic E-state index is 11.8. The summed E-state index contributed by atoms with van der Waals surface area (Å²) in [6.45, 7) is 5.70. The Morgan fingerprint density at radius 1 is 1.37 bits per heavy atom. The van der Waals surface area contributed by atoms with Gasteiger partial charge in [0, 0.05) is 13.6 Å². The summed E-state index contributed by atoms with van der Waals surface area (Å²) in [5, 5.41) is 13.2. The van der Waals surface area contributed by atoms with Crippen molar-refractivity contribution in [1.82, 2.24) is 10.4 Å². The van der Waals surface area contributed by atoms with Gasteiger partial charge in [0.25, 0.3) is 0 Å². The second kappa shape index (κ2) is 6.54. The predicted molar refractivity (Wildman–Crippen MR) is 73.0 cm³/mol. The first-order chi connectivity index (χ1) is 8.78. The molecule has 19 heavy (non-hydrogen) atoms. The highest BCUT2D eigenvalue weighted by molar-refractivity contribution is 5.68. The van der Waals surface area contributed by atoms with E-state index in [2.05, 4.69) is 5.32 Å². The Labute approximate surface area is 114 Å². The molecule has 5 nitrogen and oxygen atoms in total. The van der Waals surface area contributed by atoms with Gasteiger partial charge in [0.15, 0.2) is 0 Å². The molecule has 0 aliphatic heterocycles. The van der Waals surface area contributed by atoms with E-state index in [-0.39, 0.29) is 12.6 Å². The second-order valence-electron chi connectivity index (χ2n) is 5.45. The van der Waals surface area contributed by atoms with Crippen molar-refractivity contribution in [2.75, 3.05) is 13.6 Å². The molecule has 1 rings (SSSR count). The van der Waals surface area contributed by atoms with Crippen LogP contribution in [0.4, 0.5) is 4.79 Å². The lowest BCUT2D eigenvalue weighted by atomic mass is 10.1. The molecule has 106 valence electrons. The van der Waals surface area contributed by atoms with Crippen molar-refractivity contribution >= 4 is 6.09 Å². The number of alkyl carbamates (subject to hydrolysis) is 1. The van der Waals surface area contributed by atoms with Crippen LogP contribution in [0.3, 0.4) is 0 Å². The number of hydroxylamine groups is 2. The van der Waals surface area contributed by atoms with Crippen LogP contribution >= 0.6 is 0 Å². The normalized spacial score (nSPS) is 13.2. The Bertz CT molecular complexity index is 399. The number of amides is 1. The number of ether oxygens (including phenoxy) is 1. The molecule has 1 aromatic carbocycles. The van der Waals surface area contributed by atoms with Crippen LogP contribution in [0.5, 0.6) is 0 Å². The molecule has 0 aliphatic rings. The van der Waals surface area contributed by atoms with Gasteiger partial charge >= 0.3 is 6.09 Å². The summed E-state index contributed by atoms with van der Waals surface area (Å²) >= 11 is 0. The number of likely N-dealkylation sites (N-methyl/N-ethyl adjacent to an activating group) is 1. The zero-order valence-corrected chi connectivity index (χ0v) is 11.9. The lowest BCUT2D eigenvalue weighted by Crippen LogP contribution is -2.38. The standard InChI is InChI=1S/C14H22N2O3/c1-14(2,3)19-13(17)15-12(10-16(4)18)11-8-6-5-7-9-11/h5-9,12,18H,10H2,1-4H3,(H,15,17). The number of hydrogen-bond acceptors (Lipinski definition) is 4. The molecule has 1 amide bonds. The van der Waals surface area contributed by atoms with E-state index in [1.54, 1.807) is 0 Å². The van der Waals surface area contributed by atoms with Gasteiger partial charge in [-0.1, -0.05) is 30.3 Å². The topological polar surface area (TPSA) is 61.8 Å². The minimum atomic E-state index is -0.545. The first-order valence-corrected chi connectivity index (χ1v) is 6.22. The van der Waals surface area contributed by atoms with Gasteiger partial charge in [-0.2, -0.15) is 5.06 Å². The van der Waals surface area contributed by atoms with Crippen LogP contribution in [0.25, 0.3) is 0 Å². The van der Waals surface area contributed by atoms with Gasteiger partial charge in [0.2, 0.25) is 0 Å². The van der Waals surface area contributed by atoms with E-state index >= 15 is 0 Å². The SMILES string of the molecule is CN(O)CC(NC(=O)OC(C)(C)C)c1ccccc1. The molecule has 1 atom stereocenters. The van der Waals surface area contributed by atoms with Crippen molar-refractivity contribution in [3.8, 4) is 0 Å². The third-order valence-electron chi connectivity index (χ3n) is 2.34. The van der Waals surface area contributed by atoms with E-state index < -0.39 is 11.7 Å². The van der Waals surface area contributed by atoms with Crippen LogP contribution in [0, 0.1) is 0 Å². The fourth-order valence-corrected chi connectivity index (χ4v) is 1.63. The van der Waals surface area contributed by atoms with E-state index in [9.17, 15) is 10.0 Å². The average molecular weight is 266 g/mol. The fourth-order valence-electron chi connectivity index (χ4n) is 1.63. The summed E-state index contributed by atoms with van der Waals surface area (Å²) in [4.78, 5) is 11.8. The smallest absolute Gasteiger partial charge is 0.408 e. The second-order valence-corrected chi connectivity index (χ2v) is 5.45. The molecule has 2 N–H and O–H groups in total. The van der Waals surface area contributed by atoms with Crippen molar-refractivity contribution in [3.05, 3.63) is 35.9 Å². The number of carbonyl (C=O) groups excluding carboxylic acids is 1. The highest BCUT2D eigenvalue weighted by Crippen LogP contribution is 2.15. The quantitative estimate of drug-likeness (QED) is 0.822. The van der Waals surface area contributed by atoms with Crippen LogP contribution < -0.4 is 5.32 Å². The third-order valence-corrected chi connectivity index (χ3v) is 2.34. The predicted octanol–water partition coefficient (Wildman–Crippen LogP) is 2.57. The lowest BCUT2D eigenvalue weighted by Gasteiger charge is -2.25. The van der Waals surface area contributed by atoms with Gasteiger partial charge in [0.05, 0.1) is 6.04 Å². The molecule has 0 fully saturated rings. The molecular formula is C14H22N2O3. The monoisotopic (exact) mass is 266 g/mol. The molecule has 0 aliphatic carbocycles. The number of benzene rings is 1. The largest absolute Gasteiger partial charge is 0.444 e. The molecule has 1 aromatic rings. The molecule has 0 radical (unpaired) electrons. The number of hydrogen-bond donors (Lipinski definition) is 2. The molecule has 5 heteroatoms. The molecule has 0 saturated heterocycles. The van der Waals surface area contributed by atoms with Gasteiger partial charge in [-0.25, -0.2) is 4.79 Å². The van der Waals surface area contributed by atoms with Crippen molar-refractivity contribution < 1.29 is 14.7 Å². The molecule has 1 unspecified atom stereocenters. The summed E-state index contributed by atoms with van der Waals surface area (Å²) < 4.78 is 5.22. The molecule has 0 saturated carbocycles. The molecule has 0 spiro atoms. The summed E-state index contributed by atoms with van der Waals surface area (Å²) in [5.41, 5.74) is 0.366. The van der Waals surface area contributed by atoms with E-state index in [0.717, 1.165) is 10.6 Å². The van der Waals surface area contributed by atoms with Crippen LogP contribution in [-0.2, 0) is 4.74 Å². The van der Waals surface area contributed by atoms with Gasteiger partial charge in [-0.15, -0.1) is 0 Å². The van der Waals surface area contributed by atoms with Crippen LogP contribution in [0.15, 0.2) is 30.3 Å². The fraction of sp³-hybridized carbons (Fsp3) is 0.500.